The van der Waals surface area contributed by atoms with Crippen molar-refractivity contribution in [1.82, 2.24) is 5.32 Å². The molecule has 1 rings (SSSR count). The molecule has 1 heterocycles. The molecular weight excluding hydrogens is 184 g/mol. The lowest BCUT2D eigenvalue weighted by Gasteiger charge is -2.14. The highest BCUT2D eigenvalue weighted by Crippen LogP contribution is 1.99. The van der Waals surface area contributed by atoms with Gasteiger partial charge < -0.3 is 20.2 Å². The minimum atomic E-state index is -0.203. The molecular formula is C9H14N2O3. The summed E-state index contributed by atoms with van der Waals surface area (Å²) in [6.07, 6.45) is 2.83. The van der Waals surface area contributed by atoms with Crippen molar-refractivity contribution in [2.75, 3.05) is 20.3 Å². The van der Waals surface area contributed by atoms with Gasteiger partial charge in [0.15, 0.2) is 0 Å². The van der Waals surface area contributed by atoms with Crippen molar-refractivity contribution in [2.24, 2.45) is 5.73 Å². The Morgan fingerprint density at radius 1 is 1.79 bits per heavy atom. The number of furan rings is 1. The van der Waals surface area contributed by atoms with E-state index in [9.17, 15) is 4.79 Å². The fourth-order valence-electron chi connectivity index (χ4n) is 1.03. The Morgan fingerprint density at radius 3 is 3.07 bits per heavy atom. The number of carbonyl (C=O) groups excluding carboxylic acids is 1. The van der Waals surface area contributed by atoms with E-state index in [-0.39, 0.29) is 11.9 Å². The van der Waals surface area contributed by atoms with E-state index >= 15 is 0 Å². The molecule has 0 saturated carbocycles. The van der Waals surface area contributed by atoms with Crippen molar-refractivity contribution >= 4 is 5.91 Å². The van der Waals surface area contributed by atoms with Crippen LogP contribution in [0.25, 0.3) is 0 Å². The van der Waals surface area contributed by atoms with E-state index in [2.05, 4.69) is 5.32 Å². The van der Waals surface area contributed by atoms with Gasteiger partial charge in [-0.2, -0.15) is 0 Å². The Bertz CT molecular complexity index is 272. The predicted molar refractivity (Wildman–Crippen MR) is 50.9 cm³/mol. The number of nitrogens with two attached hydrogens (primary N) is 1. The zero-order valence-electron chi connectivity index (χ0n) is 8.03. The maximum atomic E-state index is 11.5. The van der Waals surface area contributed by atoms with E-state index < -0.39 is 0 Å². The quantitative estimate of drug-likeness (QED) is 0.697. The van der Waals surface area contributed by atoms with E-state index in [0.29, 0.717) is 18.7 Å². The Balaban J connectivity index is 2.47. The van der Waals surface area contributed by atoms with Gasteiger partial charge in [-0.3, -0.25) is 4.79 Å². The molecule has 14 heavy (non-hydrogen) atoms. The molecule has 0 aliphatic heterocycles. The topological polar surface area (TPSA) is 77.5 Å². The molecule has 0 aliphatic carbocycles. The van der Waals surface area contributed by atoms with Crippen LogP contribution >= 0.6 is 0 Å². The van der Waals surface area contributed by atoms with Gasteiger partial charge in [0.05, 0.1) is 24.5 Å². The Morgan fingerprint density at radius 2 is 2.57 bits per heavy atom. The van der Waals surface area contributed by atoms with Gasteiger partial charge in [-0.05, 0) is 6.07 Å². The van der Waals surface area contributed by atoms with Gasteiger partial charge in [-0.25, -0.2) is 0 Å². The van der Waals surface area contributed by atoms with E-state index in [1.165, 1.54) is 12.5 Å². The standard InChI is InChI=1S/C9H14N2O3/c1-13-6-8(4-10)11-9(12)7-2-3-14-5-7/h2-3,5,8H,4,6,10H2,1H3,(H,11,12). The zero-order valence-corrected chi connectivity index (χ0v) is 8.03. The summed E-state index contributed by atoms with van der Waals surface area (Å²) in [5, 5.41) is 2.72. The monoisotopic (exact) mass is 198 g/mol. The van der Waals surface area contributed by atoms with Crippen LogP contribution < -0.4 is 11.1 Å². The van der Waals surface area contributed by atoms with Crippen LogP contribution in [0.1, 0.15) is 10.4 Å². The summed E-state index contributed by atoms with van der Waals surface area (Å²) in [6.45, 7) is 0.748. The number of ether oxygens (including phenoxy) is 1. The molecule has 5 nitrogen and oxygen atoms in total. The second kappa shape index (κ2) is 5.41. The van der Waals surface area contributed by atoms with Gasteiger partial charge in [0.1, 0.15) is 6.26 Å². The zero-order chi connectivity index (χ0) is 10.4. The molecule has 0 spiro atoms. The number of hydrogen-bond donors (Lipinski definition) is 2. The summed E-state index contributed by atoms with van der Waals surface area (Å²) in [5.41, 5.74) is 5.93. The largest absolute Gasteiger partial charge is 0.472 e. The van der Waals surface area contributed by atoms with E-state index in [4.69, 9.17) is 14.9 Å². The number of amides is 1. The van der Waals surface area contributed by atoms with E-state index in [1.54, 1.807) is 13.2 Å². The normalized spacial score (nSPS) is 12.4. The van der Waals surface area contributed by atoms with Crippen molar-refractivity contribution in [3.63, 3.8) is 0 Å². The third kappa shape index (κ3) is 2.86. The minimum absolute atomic E-state index is 0.164. The Labute approximate surface area is 82.2 Å². The van der Waals surface area contributed by atoms with E-state index in [0.717, 1.165) is 0 Å². The summed E-state index contributed by atoms with van der Waals surface area (Å²) >= 11 is 0. The molecule has 0 radical (unpaired) electrons. The third-order valence-corrected chi connectivity index (χ3v) is 1.77. The van der Waals surface area contributed by atoms with Gasteiger partial charge in [-0.15, -0.1) is 0 Å². The molecule has 0 aliphatic rings. The van der Waals surface area contributed by atoms with Gasteiger partial charge >= 0.3 is 0 Å². The molecule has 0 fully saturated rings. The van der Waals surface area contributed by atoms with Crippen molar-refractivity contribution in [1.29, 1.82) is 0 Å². The molecule has 1 aromatic rings. The molecule has 1 atom stereocenters. The summed E-state index contributed by atoms with van der Waals surface area (Å²) in [5.74, 6) is -0.203. The second-order valence-corrected chi connectivity index (χ2v) is 2.87. The van der Waals surface area contributed by atoms with Crippen LogP contribution in [0.15, 0.2) is 23.0 Å². The van der Waals surface area contributed by atoms with Crippen molar-refractivity contribution in [2.45, 2.75) is 6.04 Å². The third-order valence-electron chi connectivity index (χ3n) is 1.77. The van der Waals surface area contributed by atoms with Crippen LogP contribution in [0.4, 0.5) is 0 Å². The van der Waals surface area contributed by atoms with Crippen LogP contribution in [0.2, 0.25) is 0 Å². The highest BCUT2D eigenvalue weighted by molar-refractivity contribution is 5.93. The number of carbonyl (C=O) groups is 1. The number of hydrogen-bond acceptors (Lipinski definition) is 4. The average Bonchev–Trinajstić information content (AvgIpc) is 2.69. The molecule has 1 aromatic heterocycles. The van der Waals surface area contributed by atoms with Crippen LogP contribution in [0, 0.1) is 0 Å². The fourth-order valence-corrected chi connectivity index (χ4v) is 1.03. The van der Waals surface area contributed by atoms with Crippen LogP contribution in [0.3, 0.4) is 0 Å². The maximum Gasteiger partial charge on any atom is 0.254 e. The molecule has 1 amide bonds. The number of nitrogens with one attached hydrogen (secondary N) is 1. The molecule has 5 heteroatoms. The number of rotatable bonds is 5. The van der Waals surface area contributed by atoms with E-state index in [1.807, 2.05) is 0 Å². The first-order valence-corrected chi connectivity index (χ1v) is 4.30. The summed E-state index contributed by atoms with van der Waals surface area (Å²) in [7, 11) is 1.56. The first-order chi connectivity index (χ1) is 6.77. The van der Waals surface area contributed by atoms with Gasteiger partial charge in [-0.1, -0.05) is 0 Å². The van der Waals surface area contributed by atoms with Crippen LogP contribution in [0.5, 0.6) is 0 Å². The summed E-state index contributed by atoms with van der Waals surface area (Å²) in [6, 6.07) is 1.43. The Kier molecular flexibility index (Phi) is 4.15. The number of methoxy groups -OCH3 is 1. The molecule has 0 aromatic carbocycles. The lowest BCUT2D eigenvalue weighted by molar-refractivity contribution is 0.0900. The van der Waals surface area contributed by atoms with Gasteiger partial charge in [0.25, 0.3) is 5.91 Å². The highest BCUT2D eigenvalue weighted by Gasteiger charge is 2.12. The summed E-state index contributed by atoms with van der Waals surface area (Å²) in [4.78, 5) is 11.5. The minimum Gasteiger partial charge on any atom is -0.472 e. The summed E-state index contributed by atoms with van der Waals surface area (Å²) < 4.78 is 9.68. The lowest BCUT2D eigenvalue weighted by atomic mass is 10.2. The molecule has 78 valence electrons. The first-order valence-electron chi connectivity index (χ1n) is 4.30. The maximum absolute atomic E-state index is 11.5. The molecule has 3 N–H and O–H groups in total. The van der Waals surface area contributed by atoms with Gasteiger partial charge in [0, 0.05) is 13.7 Å². The molecule has 1 unspecified atom stereocenters. The Hall–Kier alpha value is -1.33. The van der Waals surface area contributed by atoms with Crippen LogP contribution in [-0.2, 0) is 4.74 Å². The van der Waals surface area contributed by atoms with Crippen LogP contribution in [-0.4, -0.2) is 32.2 Å². The molecule has 0 saturated heterocycles. The molecule has 0 bridgehead atoms. The van der Waals surface area contributed by atoms with Gasteiger partial charge in [0.2, 0.25) is 0 Å². The van der Waals surface area contributed by atoms with Crippen molar-refractivity contribution in [3.8, 4) is 0 Å². The average molecular weight is 198 g/mol. The lowest BCUT2D eigenvalue weighted by Crippen LogP contribution is -2.43. The van der Waals surface area contributed by atoms with Crippen molar-refractivity contribution in [3.05, 3.63) is 24.2 Å². The highest BCUT2D eigenvalue weighted by atomic mass is 16.5. The predicted octanol–water partition coefficient (Wildman–Crippen LogP) is -0.0169. The fraction of sp³-hybridized carbons (Fsp3) is 0.444. The first kappa shape index (κ1) is 10.7. The second-order valence-electron chi connectivity index (χ2n) is 2.87. The van der Waals surface area contributed by atoms with Crippen molar-refractivity contribution < 1.29 is 13.9 Å². The SMILES string of the molecule is COCC(CN)NC(=O)c1ccoc1. The smallest absolute Gasteiger partial charge is 0.254 e.